The predicted molar refractivity (Wildman–Crippen MR) is 95.3 cm³/mol. The van der Waals surface area contributed by atoms with Gasteiger partial charge in [-0.1, -0.05) is 0 Å². The molecule has 0 spiro atoms. The van der Waals surface area contributed by atoms with Gasteiger partial charge in [-0.2, -0.15) is 5.10 Å². The molecule has 7 heteroatoms. The number of halogens is 1. The van der Waals surface area contributed by atoms with Crippen LogP contribution in [-0.4, -0.2) is 38.1 Å². The first-order chi connectivity index (χ1) is 12.6. The standard InChI is InChI=1S/C19H19FN4O2/c20-15-5-3-14(4-6-15)16-13-17-19(26)23(11-12-24(17)21-16)10-7-18(25)22-8-1-2-9-22/h3-6,11-13H,1-2,7-10H2. The number of likely N-dealkylation sites (tertiary alicyclic amines) is 1. The molecule has 3 heterocycles. The molecule has 26 heavy (non-hydrogen) atoms. The summed E-state index contributed by atoms with van der Waals surface area (Å²) in [5, 5.41) is 4.38. The lowest BCUT2D eigenvalue weighted by atomic mass is 10.1. The molecule has 0 unspecified atom stereocenters. The number of rotatable bonds is 4. The zero-order chi connectivity index (χ0) is 18.1. The number of fused-ring (bicyclic) bond motifs is 1. The molecule has 4 rings (SSSR count). The number of benzene rings is 1. The average molecular weight is 354 g/mol. The highest BCUT2D eigenvalue weighted by atomic mass is 19.1. The van der Waals surface area contributed by atoms with Crippen LogP contribution in [0.4, 0.5) is 4.39 Å². The molecular weight excluding hydrogens is 335 g/mol. The molecule has 134 valence electrons. The summed E-state index contributed by atoms with van der Waals surface area (Å²) in [6.07, 6.45) is 5.77. The van der Waals surface area contributed by atoms with Gasteiger partial charge in [0.2, 0.25) is 5.91 Å². The lowest BCUT2D eigenvalue weighted by molar-refractivity contribution is -0.130. The number of nitrogens with zero attached hydrogens (tertiary/aromatic N) is 4. The van der Waals surface area contributed by atoms with Crippen molar-refractivity contribution in [2.24, 2.45) is 0 Å². The van der Waals surface area contributed by atoms with Gasteiger partial charge < -0.3 is 9.47 Å². The third kappa shape index (κ3) is 3.12. The summed E-state index contributed by atoms with van der Waals surface area (Å²) >= 11 is 0. The van der Waals surface area contributed by atoms with Gasteiger partial charge in [-0.25, -0.2) is 8.91 Å². The smallest absolute Gasteiger partial charge is 0.276 e. The molecule has 0 bridgehead atoms. The van der Waals surface area contributed by atoms with Gasteiger partial charge >= 0.3 is 0 Å². The molecule has 1 aliphatic heterocycles. The largest absolute Gasteiger partial charge is 0.343 e. The minimum atomic E-state index is -0.317. The minimum absolute atomic E-state index is 0.0924. The van der Waals surface area contributed by atoms with Crippen molar-refractivity contribution in [1.29, 1.82) is 0 Å². The van der Waals surface area contributed by atoms with Gasteiger partial charge in [0.1, 0.15) is 11.3 Å². The van der Waals surface area contributed by atoms with E-state index in [9.17, 15) is 14.0 Å². The van der Waals surface area contributed by atoms with Crippen molar-refractivity contribution in [3.05, 3.63) is 58.9 Å². The van der Waals surface area contributed by atoms with Gasteiger partial charge in [0.05, 0.1) is 5.69 Å². The summed E-state index contributed by atoms with van der Waals surface area (Å²) in [4.78, 5) is 26.7. The van der Waals surface area contributed by atoms with Gasteiger partial charge in [0.25, 0.3) is 5.56 Å². The number of carbonyl (C=O) groups is 1. The second kappa shape index (κ2) is 6.74. The highest BCUT2D eigenvalue weighted by Crippen LogP contribution is 2.18. The Labute approximate surface area is 149 Å². The molecule has 1 amide bonds. The van der Waals surface area contributed by atoms with Crippen molar-refractivity contribution in [2.45, 2.75) is 25.8 Å². The molecule has 0 radical (unpaired) electrons. The third-order valence-corrected chi connectivity index (χ3v) is 4.77. The Kier molecular flexibility index (Phi) is 4.28. The maximum Gasteiger partial charge on any atom is 0.276 e. The summed E-state index contributed by atoms with van der Waals surface area (Å²) < 4.78 is 16.1. The molecule has 1 aliphatic rings. The Morgan fingerprint density at radius 1 is 1.12 bits per heavy atom. The number of aryl methyl sites for hydroxylation is 1. The van der Waals surface area contributed by atoms with Crippen molar-refractivity contribution in [3.8, 4) is 11.3 Å². The van der Waals surface area contributed by atoms with Crippen LogP contribution in [0.15, 0.2) is 47.5 Å². The van der Waals surface area contributed by atoms with Crippen molar-refractivity contribution in [1.82, 2.24) is 19.1 Å². The van der Waals surface area contributed by atoms with E-state index in [0.29, 0.717) is 24.2 Å². The van der Waals surface area contributed by atoms with Crippen LogP contribution in [0.3, 0.4) is 0 Å². The highest BCUT2D eigenvalue weighted by molar-refractivity contribution is 5.76. The van der Waals surface area contributed by atoms with E-state index in [1.54, 1.807) is 35.2 Å². The van der Waals surface area contributed by atoms with Crippen molar-refractivity contribution >= 4 is 11.4 Å². The zero-order valence-electron chi connectivity index (χ0n) is 14.3. The molecule has 0 saturated carbocycles. The van der Waals surface area contributed by atoms with E-state index < -0.39 is 0 Å². The number of hydrogen-bond donors (Lipinski definition) is 0. The van der Waals surface area contributed by atoms with E-state index >= 15 is 0 Å². The van der Waals surface area contributed by atoms with Gasteiger partial charge in [0.15, 0.2) is 0 Å². The number of hydrogen-bond acceptors (Lipinski definition) is 3. The molecule has 1 fully saturated rings. The Bertz CT molecular complexity index is 1000. The first-order valence-corrected chi connectivity index (χ1v) is 8.74. The average Bonchev–Trinajstić information content (AvgIpc) is 3.32. The summed E-state index contributed by atoms with van der Waals surface area (Å²) in [5.74, 6) is -0.225. The molecule has 0 N–H and O–H groups in total. The van der Waals surface area contributed by atoms with Crippen LogP contribution in [0, 0.1) is 5.82 Å². The first-order valence-electron chi connectivity index (χ1n) is 8.74. The van der Waals surface area contributed by atoms with Gasteiger partial charge in [0, 0.05) is 44.0 Å². The summed E-state index contributed by atoms with van der Waals surface area (Å²) in [6.45, 7) is 1.98. The number of carbonyl (C=O) groups excluding carboxylic acids is 1. The van der Waals surface area contributed by atoms with E-state index in [2.05, 4.69) is 5.10 Å². The second-order valence-electron chi connectivity index (χ2n) is 6.50. The molecular formula is C19H19FN4O2. The van der Waals surface area contributed by atoms with Crippen molar-refractivity contribution in [2.75, 3.05) is 13.1 Å². The van der Waals surface area contributed by atoms with Crippen LogP contribution in [0.25, 0.3) is 16.8 Å². The molecule has 2 aromatic heterocycles. The highest BCUT2D eigenvalue weighted by Gasteiger charge is 2.18. The second-order valence-corrected chi connectivity index (χ2v) is 6.50. The van der Waals surface area contributed by atoms with E-state index in [0.717, 1.165) is 31.5 Å². The Balaban J connectivity index is 1.57. The summed E-state index contributed by atoms with van der Waals surface area (Å²) in [6, 6.07) is 7.67. The molecule has 1 aromatic carbocycles. The summed E-state index contributed by atoms with van der Waals surface area (Å²) in [7, 11) is 0. The van der Waals surface area contributed by atoms with Crippen LogP contribution in [0.5, 0.6) is 0 Å². The Morgan fingerprint density at radius 2 is 1.85 bits per heavy atom. The van der Waals surface area contributed by atoms with Crippen molar-refractivity contribution in [3.63, 3.8) is 0 Å². The van der Waals surface area contributed by atoms with E-state index in [4.69, 9.17) is 0 Å². The Hall–Kier alpha value is -2.96. The molecule has 6 nitrogen and oxygen atoms in total. The molecule has 3 aromatic rings. The monoisotopic (exact) mass is 354 g/mol. The summed E-state index contributed by atoms with van der Waals surface area (Å²) in [5.41, 5.74) is 1.58. The maximum absolute atomic E-state index is 13.1. The number of amides is 1. The quantitative estimate of drug-likeness (QED) is 0.722. The topological polar surface area (TPSA) is 59.6 Å². The Morgan fingerprint density at radius 3 is 2.58 bits per heavy atom. The fourth-order valence-electron chi connectivity index (χ4n) is 3.30. The maximum atomic E-state index is 13.1. The van der Waals surface area contributed by atoms with Crippen LogP contribution in [-0.2, 0) is 11.3 Å². The van der Waals surface area contributed by atoms with Crippen LogP contribution < -0.4 is 5.56 Å². The lowest BCUT2D eigenvalue weighted by Crippen LogP contribution is -2.30. The fourth-order valence-corrected chi connectivity index (χ4v) is 3.30. The van der Waals surface area contributed by atoms with Gasteiger partial charge in [-0.05, 0) is 43.2 Å². The van der Waals surface area contributed by atoms with Gasteiger partial charge in [-0.15, -0.1) is 0 Å². The zero-order valence-corrected chi connectivity index (χ0v) is 14.3. The number of aromatic nitrogens is 3. The molecule has 1 saturated heterocycles. The molecule has 0 aliphatic carbocycles. The van der Waals surface area contributed by atoms with E-state index in [1.165, 1.54) is 16.6 Å². The van der Waals surface area contributed by atoms with E-state index in [1.807, 2.05) is 4.90 Å². The first kappa shape index (κ1) is 16.5. The predicted octanol–water partition coefficient (Wildman–Crippen LogP) is 2.31. The normalized spacial score (nSPS) is 14.3. The minimum Gasteiger partial charge on any atom is -0.343 e. The third-order valence-electron chi connectivity index (χ3n) is 4.77. The fraction of sp³-hybridized carbons (Fsp3) is 0.316. The lowest BCUT2D eigenvalue weighted by Gasteiger charge is -2.15. The van der Waals surface area contributed by atoms with Crippen LogP contribution >= 0.6 is 0 Å². The molecule has 0 atom stereocenters. The van der Waals surface area contributed by atoms with Gasteiger partial charge in [-0.3, -0.25) is 9.59 Å². The van der Waals surface area contributed by atoms with E-state index in [-0.39, 0.29) is 17.3 Å². The SMILES string of the molecule is O=C(CCn1ccn2nc(-c3ccc(F)cc3)cc2c1=O)N1CCCC1. The van der Waals surface area contributed by atoms with Crippen molar-refractivity contribution < 1.29 is 9.18 Å². The van der Waals surface area contributed by atoms with Crippen LogP contribution in [0.2, 0.25) is 0 Å². The van der Waals surface area contributed by atoms with Crippen LogP contribution in [0.1, 0.15) is 19.3 Å².